The third-order valence-corrected chi connectivity index (χ3v) is 5.89. The smallest absolute Gasteiger partial charge is 0.275 e. The molecule has 2 heterocycles. The van der Waals surface area contributed by atoms with Gasteiger partial charge in [0.2, 0.25) is 10.0 Å². The van der Waals surface area contributed by atoms with Crippen molar-refractivity contribution < 1.29 is 13.2 Å². The molecular formula is C19H19N3O4S. The SMILES string of the molecule is CCS(=O)(=O)Nc1cccc(-c2nn(C3COC3)c(=O)c3ccccc23)c1. The van der Waals surface area contributed by atoms with Gasteiger partial charge in [-0.1, -0.05) is 30.3 Å². The van der Waals surface area contributed by atoms with Gasteiger partial charge in [-0.2, -0.15) is 5.10 Å². The van der Waals surface area contributed by atoms with Crippen molar-refractivity contribution in [2.24, 2.45) is 0 Å². The standard InChI is InChI=1S/C19H19N3O4S/c1-2-27(24,25)21-14-7-5-6-13(10-14)18-16-8-3-4-9-17(16)19(23)22(20-18)15-11-26-12-15/h3-10,15,21H,2,11-12H2,1H3. The molecule has 140 valence electrons. The lowest BCUT2D eigenvalue weighted by Crippen LogP contribution is -2.39. The van der Waals surface area contributed by atoms with Crippen LogP contribution in [0.5, 0.6) is 0 Å². The van der Waals surface area contributed by atoms with Crippen molar-refractivity contribution in [1.29, 1.82) is 0 Å². The van der Waals surface area contributed by atoms with E-state index in [-0.39, 0.29) is 17.4 Å². The monoisotopic (exact) mass is 385 g/mol. The Morgan fingerprint density at radius 1 is 1.15 bits per heavy atom. The number of aromatic nitrogens is 2. The number of benzene rings is 2. The first kappa shape index (κ1) is 17.7. The molecule has 4 rings (SSSR count). The average molecular weight is 385 g/mol. The van der Waals surface area contributed by atoms with Gasteiger partial charge in [0.15, 0.2) is 0 Å². The van der Waals surface area contributed by atoms with E-state index in [4.69, 9.17) is 4.74 Å². The fourth-order valence-electron chi connectivity index (χ4n) is 3.01. The maximum absolute atomic E-state index is 12.8. The molecule has 0 unspecified atom stereocenters. The summed E-state index contributed by atoms with van der Waals surface area (Å²) in [5, 5.41) is 5.91. The predicted molar refractivity (Wildman–Crippen MR) is 104 cm³/mol. The Morgan fingerprint density at radius 3 is 2.56 bits per heavy atom. The first-order valence-corrected chi connectivity index (χ1v) is 10.3. The third-order valence-electron chi connectivity index (χ3n) is 4.58. The van der Waals surface area contributed by atoms with Gasteiger partial charge < -0.3 is 4.74 Å². The first-order chi connectivity index (χ1) is 13.0. The van der Waals surface area contributed by atoms with Crippen LogP contribution in [-0.2, 0) is 14.8 Å². The number of hydrogen-bond acceptors (Lipinski definition) is 5. The Hall–Kier alpha value is -2.71. The number of fused-ring (bicyclic) bond motifs is 1. The van der Waals surface area contributed by atoms with Gasteiger partial charge in [-0.25, -0.2) is 13.1 Å². The van der Waals surface area contributed by atoms with Gasteiger partial charge in [0.25, 0.3) is 5.56 Å². The first-order valence-electron chi connectivity index (χ1n) is 8.69. The fraction of sp³-hybridized carbons (Fsp3) is 0.263. The van der Waals surface area contributed by atoms with Gasteiger partial charge in [0.1, 0.15) is 6.04 Å². The van der Waals surface area contributed by atoms with Crippen LogP contribution in [0.2, 0.25) is 0 Å². The molecule has 0 spiro atoms. The van der Waals surface area contributed by atoms with E-state index in [1.807, 2.05) is 24.3 Å². The number of nitrogens with zero attached hydrogens (tertiary/aromatic N) is 2. The zero-order chi connectivity index (χ0) is 19.0. The molecule has 1 aromatic heterocycles. The topological polar surface area (TPSA) is 90.3 Å². The van der Waals surface area contributed by atoms with Gasteiger partial charge in [0, 0.05) is 16.6 Å². The molecule has 0 saturated carbocycles. The Labute approximate surface area is 156 Å². The van der Waals surface area contributed by atoms with Crippen LogP contribution in [0.4, 0.5) is 5.69 Å². The molecule has 27 heavy (non-hydrogen) atoms. The molecular weight excluding hydrogens is 366 g/mol. The van der Waals surface area contributed by atoms with E-state index >= 15 is 0 Å². The highest BCUT2D eigenvalue weighted by atomic mass is 32.2. The number of nitrogens with one attached hydrogen (secondary N) is 1. The van der Waals surface area contributed by atoms with Crippen LogP contribution in [0.1, 0.15) is 13.0 Å². The Morgan fingerprint density at radius 2 is 1.89 bits per heavy atom. The molecule has 1 N–H and O–H groups in total. The summed E-state index contributed by atoms with van der Waals surface area (Å²) in [6, 6.07) is 14.3. The summed E-state index contributed by atoms with van der Waals surface area (Å²) in [6.07, 6.45) is 0. The van der Waals surface area contributed by atoms with Gasteiger partial charge in [0.05, 0.1) is 30.0 Å². The zero-order valence-electron chi connectivity index (χ0n) is 14.8. The molecule has 0 radical (unpaired) electrons. The fourth-order valence-corrected chi connectivity index (χ4v) is 3.64. The van der Waals surface area contributed by atoms with E-state index in [9.17, 15) is 13.2 Å². The van der Waals surface area contributed by atoms with Crippen molar-refractivity contribution in [3.05, 3.63) is 58.9 Å². The summed E-state index contributed by atoms with van der Waals surface area (Å²) >= 11 is 0. The van der Waals surface area contributed by atoms with Crippen LogP contribution in [0.25, 0.3) is 22.0 Å². The maximum atomic E-state index is 12.8. The number of rotatable bonds is 5. The van der Waals surface area contributed by atoms with Gasteiger partial charge in [-0.15, -0.1) is 0 Å². The average Bonchev–Trinajstić information content (AvgIpc) is 2.62. The number of hydrogen-bond donors (Lipinski definition) is 1. The highest BCUT2D eigenvalue weighted by Crippen LogP contribution is 2.28. The van der Waals surface area contributed by atoms with E-state index < -0.39 is 10.0 Å². The van der Waals surface area contributed by atoms with Gasteiger partial charge in [-0.3, -0.25) is 9.52 Å². The second-order valence-electron chi connectivity index (χ2n) is 6.42. The summed E-state index contributed by atoms with van der Waals surface area (Å²) in [5.74, 6) is -0.00896. The lowest BCUT2D eigenvalue weighted by Gasteiger charge is -2.27. The van der Waals surface area contributed by atoms with Crippen molar-refractivity contribution in [3.8, 4) is 11.3 Å². The maximum Gasteiger partial charge on any atom is 0.275 e. The van der Waals surface area contributed by atoms with E-state index in [2.05, 4.69) is 9.82 Å². The minimum atomic E-state index is -3.38. The molecule has 1 fully saturated rings. The van der Waals surface area contributed by atoms with Crippen molar-refractivity contribution in [3.63, 3.8) is 0 Å². The van der Waals surface area contributed by atoms with Gasteiger partial charge >= 0.3 is 0 Å². The van der Waals surface area contributed by atoms with Crippen LogP contribution in [-0.4, -0.2) is 37.2 Å². The summed E-state index contributed by atoms with van der Waals surface area (Å²) in [7, 11) is -3.38. The number of sulfonamides is 1. The molecule has 1 aliphatic rings. The molecule has 1 saturated heterocycles. The van der Waals surface area contributed by atoms with Crippen LogP contribution in [0, 0.1) is 0 Å². The molecule has 0 atom stereocenters. The highest BCUT2D eigenvalue weighted by Gasteiger charge is 2.25. The predicted octanol–water partition coefficient (Wildman–Crippen LogP) is 2.40. The quantitative estimate of drug-likeness (QED) is 0.728. The Bertz CT molecular complexity index is 1170. The summed E-state index contributed by atoms with van der Waals surface area (Å²) in [5.41, 5.74) is 1.68. The van der Waals surface area contributed by atoms with E-state index in [1.54, 1.807) is 31.2 Å². The van der Waals surface area contributed by atoms with E-state index in [0.29, 0.717) is 30.0 Å². The minimum absolute atomic E-state index is 0.00896. The number of anilines is 1. The van der Waals surface area contributed by atoms with E-state index in [0.717, 1.165) is 10.9 Å². The van der Waals surface area contributed by atoms with Crippen molar-refractivity contribution in [2.75, 3.05) is 23.7 Å². The van der Waals surface area contributed by atoms with Crippen LogP contribution >= 0.6 is 0 Å². The van der Waals surface area contributed by atoms with Crippen molar-refractivity contribution in [1.82, 2.24) is 9.78 Å². The van der Waals surface area contributed by atoms with Crippen LogP contribution in [0.3, 0.4) is 0 Å². The van der Waals surface area contributed by atoms with E-state index in [1.165, 1.54) is 4.68 Å². The van der Waals surface area contributed by atoms with Crippen LogP contribution < -0.4 is 10.3 Å². The molecule has 0 amide bonds. The van der Waals surface area contributed by atoms with Crippen molar-refractivity contribution in [2.45, 2.75) is 13.0 Å². The lowest BCUT2D eigenvalue weighted by atomic mass is 10.0. The molecule has 0 bridgehead atoms. The second kappa shape index (κ2) is 6.79. The number of ether oxygens (including phenoxy) is 1. The Balaban J connectivity index is 1.89. The third kappa shape index (κ3) is 3.33. The highest BCUT2D eigenvalue weighted by molar-refractivity contribution is 7.92. The minimum Gasteiger partial charge on any atom is -0.377 e. The molecule has 8 heteroatoms. The molecule has 3 aromatic rings. The summed E-state index contributed by atoms with van der Waals surface area (Å²) < 4.78 is 33.0. The summed E-state index contributed by atoms with van der Waals surface area (Å²) in [4.78, 5) is 12.8. The second-order valence-corrected chi connectivity index (χ2v) is 8.43. The molecule has 1 aliphatic heterocycles. The summed E-state index contributed by atoms with van der Waals surface area (Å²) in [6.45, 7) is 2.50. The molecule has 2 aromatic carbocycles. The zero-order valence-corrected chi connectivity index (χ0v) is 15.6. The Kier molecular flexibility index (Phi) is 4.45. The van der Waals surface area contributed by atoms with Crippen molar-refractivity contribution >= 4 is 26.5 Å². The normalized spacial score (nSPS) is 14.9. The lowest BCUT2D eigenvalue weighted by molar-refractivity contribution is -0.0303. The largest absolute Gasteiger partial charge is 0.377 e. The molecule has 0 aliphatic carbocycles. The van der Waals surface area contributed by atoms with Gasteiger partial charge in [-0.05, 0) is 25.1 Å². The molecule has 7 nitrogen and oxygen atoms in total. The van der Waals surface area contributed by atoms with Crippen LogP contribution in [0.15, 0.2) is 53.3 Å².